The van der Waals surface area contributed by atoms with Gasteiger partial charge in [-0.1, -0.05) is 12.1 Å². The number of amides is 1. The van der Waals surface area contributed by atoms with Crippen LogP contribution in [0.3, 0.4) is 0 Å². The Bertz CT molecular complexity index is 865. The molecule has 0 radical (unpaired) electrons. The van der Waals surface area contributed by atoms with E-state index in [2.05, 4.69) is 0 Å². The first-order valence-corrected chi connectivity index (χ1v) is 10.5. The average Bonchev–Trinajstić information content (AvgIpc) is 3.40. The molecule has 7 heteroatoms. The van der Waals surface area contributed by atoms with Crippen LogP contribution in [0.4, 0.5) is 0 Å². The third kappa shape index (κ3) is 4.91. The second-order valence-corrected chi connectivity index (χ2v) is 8.22. The molecule has 0 saturated heterocycles. The van der Waals surface area contributed by atoms with Gasteiger partial charge in [0, 0.05) is 23.3 Å². The molecule has 3 rings (SSSR count). The second kappa shape index (κ2) is 8.93. The fourth-order valence-electron chi connectivity index (χ4n) is 2.24. The number of thiophene rings is 3. The zero-order chi connectivity index (χ0) is 18.4. The van der Waals surface area contributed by atoms with Crippen LogP contribution >= 0.6 is 34.0 Å². The molecule has 0 atom stereocenters. The highest BCUT2D eigenvalue weighted by molar-refractivity contribution is 7.12. The molecule has 4 nitrogen and oxygen atoms in total. The number of hydrogen-bond acceptors (Lipinski definition) is 6. The van der Waals surface area contributed by atoms with Crippen molar-refractivity contribution in [3.8, 4) is 0 Å². The zero-order valence-corrected chi connectivity index (χ0v) is 16.5. The van der Waals surface area contributed by atoms with Crippen molar-refractivity contribution in [2.75, 3.05) is 13.7 Å². The van der Waals surface area contributed by atoms with Crippen LogP contribution in [0.5, 0.6) is 0 Å². The van der Waals surface area contributed by atoms with Crippen molar-refractivity contribution in [2.45, 2.75) is 6.54 Å². The number of carbonyl (C=O) groups excluding carboxylic acids is 2. The lowest BCUT2D eigenvalue weighted by atomic mass is 10.2. The predicted octanol–water partition coefficient (Wildman–Crippen LogP) is 4.61. The standard InChI is InChI=1S/C19H17NO3S3/c1-20(11-14-6-9-24-13-14)18(21)12-23-19(22)16(17-5-3-8-26-17)10-15-4-2-7-25-15/h2-10,13H,11-12H2,1H3/b16-10+. The van der Waals surface area contributed by atoms with E-state index in [1.807, 2.05) is 51.9 Å². The number of likely N-dealkylation sites (N-methyl/N-ethyl adjacent to an activating group) is 1. The van der Waals surface area contributed by atoms with Gasteiger partial charge >= 0.3 is 5.97 Å². The van der Waals surface area contributed by atoms with Crippen molar-refractivity contribution < 1.29 is 14.3 Å². The van der Waals surface area contributed by atoms with Crippen molar-refractivity contribution >= 4 is 57.5 Å². The summed E-state index contributed by atoms with van der Waals surface area (Å²) in [6, 6.07) is 9.59. The molecule has 0 aromatic carbocycles. The van der Waals surface area contributed by atoms with Gasteiger partial charge in [-0.2, -0.15) is 11.3 Å². The summed E-state index contributed by atoms with van der Waals surface area (Å²) in [6.07, 6.45) is 1.80. The Balaban J connectivity index is 1.64. The van der Waals surface area contributed by atoms with Gasteiger partial charge in [0.05, 0.1) is 5.57 Å². The molecular formula is C19H17NO3S3. The van der Waals surface area contributed by atoms with Gasteiger partial charge in [-0.3, -0.25) is 4.79 Å². The fraction of sp³-hybridized carbons (Fsp3) is 0.158. The first-order valence-electron chi connectivity index (χ1n) is 7.84. The van der Waals surface area contributed by atoms with Crippen LogP contribution in [0.2, 0.25) is 0 Å². The zero-order valence-electron chi connectivity index (χ0n) is 14.1. The van der Waals surface area contributed by atoms with Crippen LogP contribution in [0.1, 0.15) is 15.3 Å². The molecule has 3 aromatic rings. The van der Waals surface area contributed by atoms with Crippen molar-refractivity contribution in [1.29, 1.82) is 0 Å². The summed E-state index contributed by atoms with van der Waals surface area (Å²) in [5.74, 6) is -0.718. The molecule has 0 saturated carbocycles. The van der Waals surface area contributed by atoms with E-state index < -0.39 is 5.97 Å². The number of nitrogens with zero attached hydrogens (tertiary/aromatic N) is 1. The van der Waals surface area contributed by atoms with E-state index in [1.165, 1.54) is 11.3 Å². The molecule has 0 bridgehead atoms. The summed E-state index contributed by atoms with van der Waals surface area (Å²) in [4.78, 5) is 28.1. The van der Waals surface area contributed by atoms with E-state index in [0.717, 1.165) is 15.3 Å². The highest BCUT2D eigenvalue weighted by Gasteiger charge is 2.18. The quantitative estimate of drug-likeness (QED) is 0.427. The molecule has 134 valence electrons. The van der Waals surface area contributed by atoms with Gasteiger partial charge in [0.1, 0.15) is 0 Å². The summed E-state index contributed by atoms with van der Waals surface area (Å²) in [7, 11) is 1.70. The van der Waals surface area contributed by atoms with Gasteiger partial charge in [-0.15, -0.1) is 22.7 Å². The first kappa shape index (κ1) is 18.6. The van der Waals surface area contributed by atoms with Crippen molar-refractivity contribution in [1.82, 2.24) is 4.90 Å². The molecule has 0 spiro atoms. The largest absolute Gasteiger partial charge is 0.452 e. The van der Waals surface area contributed by atoms with Crippen molar-refractivity contribution in [2.24, 2.45) is 0 Å². The van der Waals surface area contributed by atoms with Gasteiger partial charge in [0.25, 0.3) is 5.91 Å². The molecule has 0 aliphatic heterocycles. The van der Waals surface area contributed by atoms with Crippen LogP contribution in [0.25, 0.3) is 11.6 Å². The minimum atomic E-state index is -0.488. The normalized spacial score (nSPS) is 11.3. The summed E-state index contributed by atoms with van der Waals surface area (Å²) in [5.41, 5.74) is 1.53. The first-order chi connectivity index (χ1) is 12.6. The number of carbonyl (C=O) groups is 2. The molecule has 3 aromatic heterocycles. The maximum atomic E-state index is 12.6. The van der Waals surface area contributed by atoms with Gasteiger partial charge in [-0.25, -0.2) is 4.79 Å². The van der Waals surface area contributed by atoms with Gasteiger partial charge < -0.3 is 9.64 Å². The maximum Gasteiger partial charge on any atom is 0.340 e. The summed E-state index contributed by atoms with van der Waals surface area (Å²) < 4.78 is 5.29. The summed E-state index contributed by atoms with van der Waals surface area (Å²) in [5, 5.41) is 7.82. The Morgan fingerprint density at radius 1 is 1.12 bits per heavy atom. The molecule has 1 amide bonds. The molecule has 0 aliphatic carbocycles. The molecule has 0 aliphatic rings. The molecular weight excluding hydrogens is 386 g/mol. The molecule has 3 heterocycles. The second-order valence-electron chi connectivity index (χ2n) is 5.51. The Hall–Kier alpha value is -2.22. The Kier molecular flexibility index (Phi) is 6.38. The van der Waals surface area contributed by atoms with Crippen LogP contribution in [0.15, 0.2) is 51.9 Å². The van der Waals surface area contributed by atoms with Crippen LogP contribution in [-0.2, 0) is 20.9 Å². The van der Waals surface area contributed by atoms with Crippen molar-refractivity contribution in [3.05, 3.63) is 67.2 Å². The van der Waals surface area contributed by atoms with Gasteiger partial charge in [-0.05, 0) is 51.4 Å². The minimum Gasteiger partial charge on any atom is -0.452 e. The average molecular weight is 404 g/mol. The number of rotatable bonds is 7. The van der Waals surface area contributed by atoms with Gasteiger partial charge in [0.15, 0.2) is 6.61 Å². The number of hydrogen-bond donors (Lipinski definition) is 0. The van der Waals surface area contributed by atoms with E-state index in [0.29, 0.717) is 12.1 Å². The number of esters is 1. The summed E-state index contributed by atoms with van der Waals surface area (Å²) >= 11 is 4.60. The lowest BCUT2D eigenvalue weighted by Crippen LogP contribution is -2.30. The van der Waals surface area contributed by atoms with E-state index in [4.69, 9.17) is 4.74 Å². The van der Waals surface area contributed by atoms with Crippen LogP contribution in [0, 0.1) is 0 Å². The van der Waals surface area contributed by atoms with Gasteiger partial charge in [0.2, 0.25) is 0 Å². The third-order valence-electron chi connectivity index (χ3n) is 3.59. The fourth-order valence-corrected chi connectivity index (χ4v) is 4.29. The predicted molar refractivity (Wildman–Crippen MR) is 108 cm³/mol. The molecule has 0 unspecified atom stereocenters. The Morgan fingerprint density at radius 2 is 1.92 bits per heavy atom. The molecule has 0 N–H and O–H groups in total. The van der Waals surface area contributed by atoms with E-state index in [1.54, 1.807) is 40.7 Å². The highest BCUT2D eigenvalue weighted by atomic mass is 32.1. The lowest BCUT2D eigenvalue weighted by molar-refractivity contribution is -0.147. The SMILES string of the molecule is CN(Cc1ccsc1)C(=O)COC(=O)/C(=C/c1cccs1)c1cccs1. The van der Waals surface area contributed by atoms with E-state index in [-0.39, 0.29) is 12.5 Å². The molecule has 0 fully saturated rings. The lowest BCUT2D eigenvalue weighted by Gasteiger charge is -2.16. The monoisotopic (exact) mass is 403 g/mol. The number of ether oxygens (including phenoxy) is 1. The maximum absolute atomic E-state index is 12.6. The highest BCUT2D eigenvalue weighted by Crippen LogP contribution is 2.25. The summed E-state index contributed by atoms with van der Waals surface area (Å²) in [6.45, 7) is 0.231. The van der Waals surface area contributed by atoms with Crippen LogP contribution < -0.4 is 0 Å². The minimum absolute atomic E-state index is 0.230. The van der Waals surface area contributed by atoms with Crippen molar-refractivity contribution in [3.63, 3.8) is 0 Å². The molecule has 26 heavy (non-hydrogen) atoms. The Morgan fingerprint density at radius 3 is 2.58 bits per heavy atom. The van der Waals surface area contributed by atoms with Crippen LogP contribution in [-0.4, -0.2) is 30.4 Å². The van der Waals surface area contributed by atoms with E-state index in [9.17, 15) is 9.59 Å². The smallest absolute Gasteiger partial charge is 0.340 e. The Labute approximate surface area is 164 Å². The van der Waals surface area contributed by atoms with E-state index >= 15 is 0 Å². The topological polar surface area (TPSA) is 46.6 Å². The third-order valence-corrected chi connectivity index (χ3v) is 6.04.